The molecule has 1 N–H and O–H groups in total. The lowest BCUT2D eigenvalue weighted by molar-refractivity contribution is 0.385. The number of hydrogen-bond donors (Lipinski definition) is 1. The van der Waals surface area contributed by atoms with Crippen LogP contribution in [0, 0.1) is 5.82 Å². The summed E-state index contributed by atoms with van der Waals surface area (Å²) in [6.07, 6.45) is 1.03. The lowest BCUT2D eigenvalue weighted by Gasteiger charge is -2.18. The van der Waals surface area contributed by atoms with Crippen LogP contribution in [0.5, 0.6) is 5.75 Å². The molecule has 0 saturated heterocycles. The fraction of sp³-hybridized carbons (Fsp3) is 0.333. The number of benzene rings is 1. The Balaban J connectivity index is 2.39. The first kappa shape index (κ1) is 16.9. The van der Waals surface area contributed by atoms with E-state index in [-0.39, 0.29) is 17.6 Å². The van der Waals surface area contributed by atoms with Crippen LogP contribution in [0.2, 0.25) is 0 Å². The number of halogens is 3. The number of nitrogens with one attached hydrogen (secondary N) is 1. The molecule has 2 nitrogen and oxygen atoms in total. The lowest BCUT2D eigenvalue weighted by Crippen LogP contribution is -2.22. The van der Waals surface area contributed by atoms with Crippen molar-refractivity contribution < 1.29 is 9.13 Å². The summed E-state index contributed by atoms with van der Waals surface area (Å²) in [5.41, 5.74) is 0.989. The quantitative estimate of drug-likeness (QED) is 0.644. The zero-order chi connectivity index (χ0) is 15.4. The van der Waals surface area contributed by atoms with E-state index in [1.807, 2.05) is 0 Å². The standard InChI is InChI=1S/C15H16Br2FNOS/c1-3-6-19-14(13-8-10(16)15(17)21-13)9-4-5-11(18)12(7-9)20-2/h4-5,7-8,14,19H,3,6H2,1-2H3. The molecule has 0 spiro atoms. The molecular formula is C15H16Br2FNOS. The van der Waals surface area contributed by atoms with E-state index in [1.165, 1.54) is 13.2 Å². The van der Waals surface area contributed by atoms with E-state index in [4.69, 9.17) is 4.74 Å². The van der Waals surface area contributed by atoms with Gasteiger partial charge in [-0.25, -0.2) is 4.39 Å². The van der Waals surface area contributed by atoms with Gasteiger partial charge in [0.05, 0.1) is 16.9 Å². The summed E-state index contributed by atoms with van der Waals surface area (Å²) in [4.78, 5) is 1.16. The van der Waals surface area contributed by atoms with Crippen molar-refractivity contribution in [3.63, 3.8) is 0 Å². The molecule has 0 saturated carbocycles. The summed E-state index contributed by atoms with van der Waals surface area (Å²) < 4.78 is 20.8. The van der Waals surface area contributed by atoms with Crippen LogP contribution in [-0.4, -0.2) is 13.7 Å². The predicted molar refractivity (Wildman–Crippen MR) is 92.8 cm³/mol. The highest BCUT2D eigenvalue weighted by Gasteiger charge is 2.19. The fourth-order valence-electron chi connectivity index (χ4n) is 2.03. The average Bonchev–Trinajstić information content (AvgIpc) is 2.80. The van der Waals surface area contributed by atoms with Crippen LogP contribution in [-0.2, 0) is 0 Å². The van der Waals surface area contributed by atoms with Crippen molar-refractivity contribution in [3.05, 3.63) is 48.8 Å². The van der Waals surface area contributed by atoms with Gasteiger partial charge in [-0.2, -0.15) is 0 Å². The van der Waals surface area contributed by atoms with E-state index >= 15 is 0 Å². The minimum absolute atomic E-state index is 0.0204. The van der Waals surface area contributed by atoms with Gasteiger partial charge in [0.15, 0.2) is 11.6 Å². The van der Waals surface area contributed by atoms with Crippen LogP contribution in [0.25, 0.3) is 0 Å². The summed E-state index contributed by atoms with van der Waals surface area (Å²) in [6, 6.07) is 7.11. The van der Waals surface area contributed by atoms with E-state index in [2.05, 4.69) is 50.2 Å². The van der Waals surface area contributed by atoms with Gasteiger partial charge in [-0.05, 0) is 68.6 Å². The van der Waals surface area contributed by atoms with Crippen molar-refractivity contribution in [2.24, 2.45) is 0 Å². The second-order valence-corrected chi connectivity index (χ2v) is 7.81. The first-order valence-corrected chi connectivity index (χ1v) is 8.98. The Bertz CT molecular complexity index is 598. The Morgan fingerprint density at radius 1 is 1.33 bits per heavy atom. The van der Waals surface area contributed by atoms with Crippen molar-refractivity contribution in [1.82, 2.24) is 5.32 Å². The van der Waals surface area contributed by atoms with Gasteiger partial charge in [-0.3, -0.25) is 0 Å². The molecule has 1 aromatic carbocycles. The first-order valence-electron chi connectivity index (χ1n) is 6.58. The van der Waals surface area contributed by atoms with Crippen molar-refractivity contribution in [2.45, 2.75) is 19.4 Å². The Hall–Kier alpha value is -0.430. The smallest absolute Gasteiger partial charge is 0.165 e. The minimum Gasteiger partial charge on any atom is -0.494 e. The predicted octanol–water partition coefficient (Wildman–Crippen LogP) is 5.51. The minimum atomic E-state index is -0.343. The van der Waals surface area contributed by atoms with Crippen LogP contribution in [0.4, 0.5) is 4.39 Å². The highest BCUT2D eigenvalue weighted by molar-refractivity contribution is 9.13. The van der Waals surface area contributed by atoms with E-state index in [0.717, 1.165) is 31.7 Å². The number of rotatable bonds is 6. The number of methoxy groups -OCH3 is 1. The summed E-state index contributed by atoms with van der Waals surface area (Å²) in [5, 5.41) is 3.50. The monoisotopic (exact) mass is 435 g/mol. The molecule has 0 radical (unpaired) electrons. The molecule has 0 amide bonds. The van der Waals surface area contributed by atoms with Crippen molar-refractivity contribution >= 4 is 43.2 Å². The summed E-state index contributed by atoms with van der Waals surface area (Å²) >= 11 is 8.70. The maximum absolute atomic E-state index is 13.6. The zero-order valence-electron chi connectivity index (χ0n) is 11.8. The van der Waals surface area contributed by atoms with E-state index < -0.39 is 0 Å². The number of hydrogen-bond acceptors (Lipinski definition) is 3. The molecule has 0 bridgehead atoms. The van der Waals surface area contributed by atoms with Gasteiger partial charge in [-0.15, -0.1) is 11.3 Å². The average molecular weight is 437 g/mol. The van der Waals surface area contributed by atoms with Gasteiger partial charge in [0, 0.05) is 9.35 Å². The Labute approximate surface area is 145 Å². The maximum atomic E-state index is 13.6. The summed E-state index contributed by atoms with van der Waals surface area (Å²) in [6.45, 7) is 3.01. The SMILES string of the molecule is CCCNC(c1ccc(F)c(OC)c1)c1cc(Br)c(Br)s1. The molecule has 2 aromatic rings. The van der Waals surface area contributed by atoms with E-state index in [9.17, 15) is 4.39 Å². The molecule has 1 heterocycles. The van der Waals surface area contributed by atoms with Gasteiger partial charge in [0.1, 0.15) is 0 Å². The third-order valence-corrected chi connectivity index (χ3v) is 6.38. The van der Waals surface area contributed by atoms with Crippen molar-refractivity contribution in [3.8, 4) is 5.75 Å². The normalized spacial score (nSPS) is 12.4. The molecule has 21 heavy (non-hydrogen) atoms. The maximum Gasteiger partial charge on any atom is 0.165 e. The molecule has 6 heteroatoms. The Morgan fingerprint density at radius 3 is 2.67 bits per heavy atom. The van der Waals surface area contributed by atoms with Gasteiger partial charge < -0.3 is 10.1 Å². The molecule has 0 aliphatic carbocycles. The van der Waals surface area contributed by atoms with Crippen LogP contribution in [0.15, 0.2) is 32.5 Å². The van der Waals surface area contributed by atoms with Gasteiger partial charge in [0.25, 0.3) is 0 Å². The molecule has 0 aliphatic heterocycles. The molecular weight excluding hydrogens is 421 g/mol. The molecule has 0 fully saturated rings. The Kier molecular flexibility index (Phi) is 6.22. The van der Waals surface area contributed by atoms with Gasteiger partial charge >= 0.3 is 0 Å². The van der Waals surface area contributed by atoms with Crippen LogP contribution < -0.4 is 10.1 Å². The molecule has 1 unspecified atom stereocenters. The van der Waals surface area contributed by atoms with E-state index in [1.54, 1.807) is 23.5 Å². The third-order valence-electron chi connectivity index (χ3n) is 3.06. The number of thiophene rings is 1. The van der Waals surface area contributed by atoms with Crippen LogP contribution >= 0.6 is 43.2 Å². The Morgan fingerprint density at radius 2 is 2.10 bits per heavy atom. The van der Waals surface area contributed by atoms with Crippen LogP contribution in [0.3, 0.4) is 0 Å². The van der Waals surface area contributed by atoms with E-state index in [0.29, 0.717) is 0 Å². The first-order chi connectivity index (χ1) is 10.1. The highest BCUT2D eigenvalue weighted by atomic mass is 79.9. The summed E-state index contributed by atoms with van der Waals surface area (Å²) in [5.74, 6) is -0.0745. The summed E-state index contributed by atoms with van der Waals surface area (Å²) in [7, 11) is 1.48. The molecule has 2 rings (SSSR count). The van der Waals surface area contributed by atoms with Crippen molar-refractivity contribution in [1.29, 1.82) is 0 Å². The topological polar surface area (TPSA) is 21.3 Å². The largest absolute Gasteiger partial charge is 0.494 e. The molecule has 0 aliphatic rings. The van der Waals surface area contributed by atoms with Gasteiger partial charge in [-0.1, -0.05) is 13.0 Å². The zero-order valence-corrected chi connectivity index (χ0v) is 15.7. The van der Waals surface area contributed by atoms with Crippen LogP contribution in [0.1, 0.15) is 29.8 Å². The third kappa shape index (κ3) is 4.06. The molecule has 1 atom stereocenters. The van der Waals surface area contributed by atoms with Crippen molar-refractivity contribution in [2.75, 3.05) is 13.7 Å². The van der Waals surface area contributed by atoms with Gasteiger partial charge in [0.2, 0.25) is 0 Å². The highest BCUT2D eigenvalue weighted by Crippen LogP contribution is 2.38. The molecule has 114 valence electrons. The molecule has 1 aromatic heterocycles. The lowest BCUT2D eigenvalue weighted by atomic mass is 10.0. The second kappa shape index (κ2) is 7.72. The fourth-order valence-corrected chi connectivity index (χ4v) is 4.23. The second-order valence-electron chi connectivity index (χ2n) is 4.55. The number of ether oxygens (including phenoxy) is 1.